The normalized spacial score (nSPS) is 29.6. The number of rotatable bonds is 5. The third-order valence-electron chi connectivity index (χ3n) is 4.84. The minimum atomic E-state index is 0.245. The third-order valence-corrected chi connectivity index (χ3v) is 5.22. The van der Waals surface area contributed by atoms with Gasteiger partial charge in [-0.3, -0.25) is 4.90 Å². The molecule has 1 aliphatic heterocycles. The van der Waals surface area contributed by atoms with Crippen molar-refractivity contribution in [3.63, 3.8) is 0 Å². The highest BCUT2D eigenvalue weighted by molar-refractivity contribution is 6.25. The van der Waals surface area contributed by atoms with Gasteiger partial charge >= 0.3 is 0 Å². The fourth-order valence-electron chi connectivity index (χ4n) is 2.76. The molecule has 18 heavy (non-hydrogen) atoms. The van der Waals surface area contributed by atoms with E-state index in [4.69, 9.17) is 11.6 Å². The van der Waals surface area contributed by atoms with Crippen LogP contribution in [-0.2, 0) is 0 Å². The molecule has 0 amide bonds. The summed E-state index contributed by atoms with van der Waals surface area (Å²) in [4.78, 5) is 2.62. The number of hydrogen-bond donors (Lipinski definition) is 1. The molecule has 2 nitrogen and oxygen atoms in total. The summed E-state index contributed by atoms with van der Waals surface area (Å²) in [7, 11) is 0. The largest absolute Gasteiger partial charge is 0.308 e. The van der Waals surface area contributed by atoms with E-state index < -0.39 is 0 Å². The summed E-state index contributed by atoms with van der Waals surface area (Å²) in [5.74, 6) is 0. The fraction of sp³-hybridized carbons (Fsp3) is 0.867. The van der Waals surface area contributed by atoms with Gasteiger partial charge in [-0.15, -0.1) is 0 Å². The van der Waals surface area contributed by atoms with Gasteiger partial charge in [0.25, 0.3) is 0 Å². The molecular formula is C15H29ClN2. The quantitative estimate of drug-likeness (QED) is 0.820. The minimum Gasteiger partial charge on any atom is -0.308 e. The number of nitrogens with one attached hydrogen (secondary N) is 1. The summed E-state index contributed by atoms with van der Waals surface area (Å²) in [6.45, 7) is 14.5. The van der Waals surface area contributed by atoms with Crippen molar-refractivity contribution >= 4 is 11.6 Å². The van der Waals surface area contributed by atoms with Crippen LogP contribution < -0.4 is 5.32 Å². The summed E-state index contributed by atoms with van der Waals surface area (Å²) in [6.07, 6.45) is 3.53. The lowest BCUT2D eigenvalue weighted by molar-refractivity contribution is 0.0164. The number of nitrogens with zero attached hydrogens (tertiary/aromatic N) is 1. The molecule has 0 radical (unpaired) electrons. The Bertz CT molecular complexity index is 297. The second kappa shape index (κ2) is 6.40. The first-order chi connectivity index (χ1) is 8.45. The van der Waals surface area contributed by atoms with Gasteiger partial charge < -0.3 is 5.32 Å². The lowest BCUT2D eigenvalue weighted by Crippen LogP contribution is -2.68. The smallest absolute Gasteiger partial charge is 0.0307 e. The number of hydrogen-bond acceptors (Lipinski definition) is 2. The van der Waals surface area contributed by atoms with E-state index in [2.05, 4.69) is 44.8 Å². The molecule has 1 atom stereocenters. The molecule has 1 unspecified atom stereocenters. The van der Waals surface area contributed by atoms with E-state index in [1.807, 2.05) is 0 Å². The van der Waals surface area contributed by atoms with Crippen LogP contribution in [-0.4, -0.2) is 35.6 Å². The molecule has 1 rings (SSSR count). The van der Waals surface area contributed by atoms with Gasteiger partial charge in [0, 0.05) is 36.2 Å². The molecule has 1 N–H and O–H groups in total. The Morgan fingerprint density at radius 1 is 1.28 bits per heavy atom. The molecule has 0 bridgehead atoms. The van der Waals surface area contributed by atoms with Gasteiger partial charge in [0.2, 0.25) is 0 Å². The molecule has 1 heterocycles. The predicted octanol–water partition coefficient (Wildman–Crippen LogP) is 3.76. The first kappa shape index (κ1) is 16.0. The predicted molar refractivity (Wildman–Crippen MR) is 81.2 cm³/mol. The van der Waals surface area contributed by atoms with Gasteiger partial charge in [-0.25, -0.2) is 0 Å². The van der Waals surface area contributed by atoms with Crippen LogP contribution in [0.3, 0.4) is 0 Å². The van der Waals surface area contributed by atoms with Crippen molar-refractivity contribution in [3.8, 4) is 0 Å². The summed E-state index contributed by atoms with van der Waals surface area (Å²) < 4.78 is 0. The molecule has 0 aromatic carbocycles. The maximum Gasteiger partial charge on any atom is 0.0307 e. The maximum atomic E-state index is 5.84. The zero-order valence-electron chi connectivity index (χ0n) is 12.6. The summed E-state index contributed by atoms with van der Waals surface area (Å²) in [5.41, 5.74) is 3.49. The summed E-state index contributed by atoms with van der Waals surface area (Å²) in [5, 5.41) is 3.80. The molecule has 0 spiro atoms. The van der Waals surface area contributed by atoms with Crippen molar-refractivity contribution in [1.29, 1.82) is 0 Å². The Morgan fingerprint density at radius 2 is 1.89 bits per heavy atom. The highest BCUT2D eigenvalue weighted by Gasteiger charge is 2.42. The van der Waals surface area contributed by atoms with E-state index in [0.717, 1.165) is 19.6 Å². The van der Waals surface area contributed by atoms with Gasteiger partial charge in [-0.05, 0) is 38.7 Å². The van der Waals surface area contributed by atoms with E-state index in [0.29, 0.717) is 0 Å². The lowest BCUT2D eigenvalue weighted by Gasteiger charge is -2.53. The molecule has 1 fully saturated rings. The van der Waals surface area contributed by atoms with Gasteiger partial charge in [0.1, 0.15) is 0 Å². The Labute approximate surface area is 118 Å². The highest BCUT2D eigenvalue weighted by atomic mass is 35.5. The first-order valence-electron chi connectivity index (χ1n) is 7.21. The monoisotopic (exact) mass is 272 g/mol. The molecule has 106 valence electrons. The Kier molecular flexibility index (Phi) is 5.69. The highest BCUT2D eigenvalue weighted by Crippen LogP contribution is 2.30. The van der Waals surface area contributed by atoms with Gasteiger partial charge in [-0.2, -0.15) is 0 Å². The van der Waals surface area contributed by atoms with Gasteiger partial charge in [0.15, 0.2) is 0 Å². The molecular weight excluding hydrogens is 244 g/mol. The molecule has 1 saturated heterocycles. The van der Waals surface area contributed by atoms with Crippen LogP contribution in [0.1, 0.15) is 53.9 Å². The average Bonchev–Trinajstić information content (AvgIpc) is 2.41. The second-order valence-electron chi connectivity index (χ2n) is 6.00. The lowest BCUT2D eigenvalue weighted by atomic mass is 9.83. The van der Waals surface area contributed by atoms with Crippen molar-refractivity contribution in [3.05, 3.63) is 11.1 Å². The molecule has 0 aliphatic carbocycles. The second-order valence-corrected chi connectivity index (χ2v) is 6.22. The standard InChI is InChI=1S/C15H29ClN2/c1-6-14(5)11-17-15(7-2,8-3)12-18(14)10-13(4)9-16/h9,17H,6-8,10-12H2,1-5H3. The third kappa shape index (κ3) is 3.28. The van der Waals surface area contributed by atoms with E-state index in [1.165, 1.54) is 24.8 Å². The fourth-order valence-corrected chi connectivity index (χ4v) is 2.83. The first-order valence-corrected chi connectivity index (χ1v) is 7.65. The Balaban J connectivity index is 2.89. The van der Waals surface area contributed by atoms with Gasteiger partial charge in [-0.1, -0.05) is 32.4 Å². The van der Waals surface area contributed by atoms with E-state index in [1.54, 1.807) is 5.54 Å². The topological polar surface area (TPSA) is 15.3 Å². The van der Waals surface area contributed by atoms with Crippen LogP contribution in [0.2, 0.25) is 0 Å². The van der Waals surface area contributed by atoms with Crippen molar-refractivity contribution in [2.24, 2.45) is 0 Å². The van der Waals surface area contributed by atoms with Crippen molar-refractivity contribution in [2.75, 3.05) is 19.6 Å². The van der Waals surface area contributed by atoms with Crippen LogP contribution in [0, 0.1) is 0 Å². The zero-order valence-corrected chi connectivity index (χ0v) is 13.4. The van der Waals surface area contributed by atoms with E-state index in [9.17, 15) is 0 Å². The van der Waals surface area contributed by atoms with Crippen LogP contribution >= 0.6 is 11.6 Å². The minimum absolute atomic E-state index is 0.245. The molecule has 3 heteroatoms. The molecule has 0 saturated carbocycles. The summed E-state index contributed by atoms with van der Waals surface area (Å²) in [6, 6.07) is 0. The van der Waals surface area contributed by atoms with E-state index in [-0.39, 0.29) is 11.1 Å². The zero-order chi connectivity index (χ0) is 13.8. The van der Waals surface area contributed by atoms with E-state index >= 15 is 0 Å². The van der Waals surface area contributed by atoms with Crippen LogP contribution in [0.4, 0.5) is 0 Å². The molecule has 0 aromatic rings. The molecule has 0 aromatic heterocycles. The number of halogens is 1. The van der Waals surface area contributed by atoms with Crippen molar-refractivity contribution < 1.29 is 0 Å². The van der Waals surface area contributed by atoms with Gasteiger partial charge in [0.05, 0.1) is 0 Å². The van der Waals surface area contributed by atoms with Crippen LogP contribution in [0.15, 0.2) is 11.1 Å². The SMILES string of the molecule is CCC1(CC)CN(CC(C)=CCl)C(C)(CC)CN1. The Hall–Kier alpha value is -0.0500. The Morgan fingerprint density at radius 3 is 2.33 bits per heavy atom. The van der Waals surface area contributed by atoms with Crippen LogP contribution in [0.25, 0.3) is 0 Å². The average molecular weight is 273 g/mol. The molecule has 1 aliphatic rings. The van der Waals surface area contributed by atoms with Crippen molar-refractivity contribution in [2.45, 2.75) is 65.0 Å². The van der Waals surface area contributed by atoms with Crippen LogP contribution in [0.5, 0.6) is 0 Å². The number of piperazine rings is 1. The maximum absolute atomic E-state index is 5.84. The van der Waals surface area contributed by atoms with Crippen molar-refractivity contribution in [1.82, 2.24) is 10.2 Å². The summed E-state index contributed by atoms with van der Waals surface area (Å²) >= 11 is 5.84.